The highest BCUT2D eigenvalue weighted by Crippen LogP contribution is 2.35. The van der Waals surface area contributed by atoms with Gasteiger partial charge >= 0.3 is 12.0 Å². The highest BCUT2D eigenvalue weighted by Gasteiger charge is 2.63. The largest absolute Gasteiger partial charge is 0.456 e. The predicted molar refractivity (Wildman–Crippen MR) is 109 cm³/mol. The van der Waals surface area contributed by atoms with Crippen LogP contribution in [-0.2, 0) is 4.79 Å². The number of ether oxygens (including phenoxy) is 1. The van der Waals surface area contributed by atoms with Gasteiger partial charge in [-0.15, -0.1) is 0 Å². The fraction of sp³-hybridized carbons (Fsp3) is 0.318. The number of piperazine rings is 1. The number of amides is 1. The first-order valence-electron chi connectivity index (χ1n) is 9.89. The first kappa shape index (κ1) is 23.4. The smallest absolute Gasteiger partial charge is 0.456 e. The van der Waals surface area contributed by atoms with E-state index in [-0.39, 0.29) is 43.1 Å². The third-order valence-electron chi connectivity index (χ3n) is 5.09. The van der Waals surface area contributed by atoms with Crippen molar-refractivity contribution in [3.63, 3.8) is 0 Å². The monoisotopic (exact) mass is 449 g/mol. The number of nitrogens with zero attached hydrogens (tertiary/aromatic N) is 1. The molecular formula is C22H22F3N3O4. The van der Waals surface area contributed by atoms with Crippen molar-refractivity contribution in [3.05, 3.63) is 65.7 Å². The zero-order chi connectivity index (χ0) is 23.4. The van der Waals surface area contributed by atoms with Gasteiger partial charge in [-0.05, 0) is 12.1 Å². The molecule has 0 aromatic heterocycles. The summed E-state index contributed by atoms with van der Waals surface area (Å²) in [6.45, 7) is 0.385. The minimum atomic E-state index is -5.38. The van der Waals surface area contributed by atoms with Crippen LogP contribution >= 0.6 is 0 Å². The zero-order valence-electron chi connectivity index (χ0n) is 17.2. The first-order valence-corrected chi connectivity index (χ1v) is 9.89. The van der Waals surface area contributed by atoms with E-state index in [2.05, 4.69) is 10.6 Å². The SMILES string of the molecule is CNC(=O)c1ccccc1OC(C(=O)c1ccccc1)(C(=O)C(F)(F)F)N1CCNCC1. The molecule has 2 N–H and O–H groups in total. The van der Waals surface area contributed by atoms with Crippen molar-refractivity contribution in [2.24, 2.45) is 0 Å². The summed E-state index contributed by atoms with van der Waals surface area (Å²) in [5, 5.41) is 5.35. The molecule has 2 aromatic rings. The van der Waals surface area contributed by atoms with Gasteiger partial charge in [0.1, 0.15) is 5.75 Å². The Hall–Kier alpha value is -3.24. The number of alkyl halides is 3. The molecule has 0 spiro atoms. The molecule has 1 amide bonds. The van der Waals surface area contributed by atoms with Crippen LogP contribution in [-0.4, -0.2) is 67.5 Å². The zero-order valence-corrected chi connectivity index (χ0v) is 17.2. The lowest BCUT2D eigenvalue weighted by atomic mass is 9.93. The molecule has 1 saturated heterocycles. The van der Waals surface area contributed by atoms with E-state index >= 15 is 0 Å². The minimum Gasteiger partial charge on any atom is -0.456 e. The van der Waals surface area contributed by atoms with Gasteiger partial charge in [0.25, 0.3) is 11.6 Å². The second kappa shape index (κ2) is 9.49. The highest BCUT2D eigenvalue weighted by atomic mass is 19.4. The third-order valence-corrected chi connectivity index (χ3v) is 5.09. The van der Waals surface area contributed by atoms with Gasteiger partial charge in [-0.3, -0.25) is 14.4 Å². The van der Waals surface area contributed by atoms with Crippen molar-refractivity contribution in [1.29, 1.82) is 0 Å². The van der Waals surface area contributed by atoms with E-state index in [4.69, 9.17) is 4.74 Å². The van der Waals surface area contributed by atoms with Crippen LogP contribution in [0.15, 0.2) is 54.6 Å². The maximum absolute atomic E-state index is 13.9. The van der Waals surface area contributed by atoms with Crippen LogP contribution in [0.4, 0.5) is 13.2 Å². The minimum absolute atomic E-state index is 0.0530. The number of ketones is 2. The number of benzene rings is 2. The molecule has 1 aliphatic rings. The van der Waals surface area contributed by atoms with Crippen LogP contribution in [0.25, 0.3) is 0 Å². The Kier molecular flexibility index (Phi) is 6.95. The van der Waals surface area contributed by atoms with Crippen LogP contribution < -0.4 is 15.4 Å². The molecule has 32 heavy (non-hydrogen) atoms. The van der Waals surface area contributed by atoms with Crippen LogP contribution in [0, 0.1) is 0 Å². The summed E-state index contributed by atoms with van der Waals surface area (Å²) in [5.41, 5.74) is -3.27. The van der Waals surface area contributed by atoms with Gasteiger partial charge in [0.2, 0.25) is 5.78 Å². The summed E-state index contributed by atoms with van der Waals surface area (Å²) in [4.78, 5) is 39.9. The van der Waals surface area contributed by atoms with Gasteiger partial charge in [-0.1, -0.05) is 42.5 Å². The first-order chi connectivity index (χ1) is 15.2. The fourth-order valence-electron chi connectivity index (χ4n) is 3.54. The fourth-order valence-corrected chi connectivity index (χ4v) is 3.54. The average Bonchev–Trinajstić information content (AvgIpc) is 2.82. The van der Waals surface area contributed by atoms with E-state index in [9.17, 15) is 27.6 Å². The molecule has 0 bridgehead atoms. The molecular weight excluding hydrogens is 427 g/mol. The Balaban J connectivity index is 2.24. The molecule has 3 rings (SSSR count). The molecule has 1 aliphatic heterocycles. The van der Waals surface area contributed by atoms with E-state index in [0.717, 1.165) is 4.90 Å². The van der Waals surface area contributed by atoms with E-state index < -0.39 is 29.4 Å². The number of hydrogen-bond acceptors (Lipinski definition) is 6. The predicted octanol–water partition coefficient (Wildman–Crippen LogP) is 2.04. The quantitative estimate of drug-likeness (QED) is 0.497. The summed E-state index contributed by atoms with van der Waals surface area (Å²) in [7, 11) is 1.35. The topological polar surface area (TPSA) is 87.7 Å². The number of nitrogens with one attached hydrogen (secondary N) is 2. The maximum Gasteiger partial charge on any atom is 0.456 e. The summed E-state index contributed by atoms with van der Waals surface area (Å²) in [5.74, 6) is -4.46. The van der Waals surface area contributed by atoms with Crippen molar-refractivity contribution < 1.29 is 32.3 Å². The number of Topliss-reactive ketones (excluding diaryl/α,β-unsaturated/α-hetero) is 2. The number of halogens is 3. The molecule has 0 saturated carbocycles. The van der Waals surface area contributed by atoms with Crippen molar-refractivity contribution >= 4 is 17.5 Å². The Bertz CT molecular complexity index is 991. The van der Waals surface area contributed by atoms with Gasteiger partial charge < -0.3 is 15.4 Å². The average molecular weight is 449 g/mol. The lowest BCUT2D eigenvalue weighted by Gasteiger charge is -2.43. The molecule has 1 heterocycles. The lowest BCUT2D eigenvalue weighted by molar-refractivity contribution is -0.196. The summed E-state index contributed by atoms with van der Waals surface area (Å²) in [6, 6.07) is 12.7. The summed E-state index contributed by atoms with van der Waals surface area (Å²) < 4.78 is 47.4. The van der Waals surface area contributed by atoms with E-state index in [1.807, 2.05) is 0 Å². The van der Waals surface area contributed by atoms with E-state index in [1.165, 1.54) is 55.6 Å². The van der Waals surface area contributed by atoms with Crippen molar-refractivity contribution in [2.45, 2.75) is 11.9 Å². The number of carbonyl (C=O) groups is 3. The summed E-state index contributed by atoms with van der Waals surface area (Å²) >= 11 is 0. The second-order valence-corrected chi connectivity index (χ2v) is 7.08. The van der Waals surface area contributed by atoms with Crippen LogP contribution in [0.1, 0.15) is 20.7 Å². The van der Waals surface area contributed by atoms with Gasteiger partial charge in [-0.25, -0.2) is 4.90 Å². The normalized spacial score (nSPS) is 16.6. The van der Waals surface area contributed by atoms with Gasteiger partial charge in [-0.2, -0.15) is 13.2 Å². The van der Waals surface area contributed by atoms with E-state index in [1.54, 1.807) is 6.07 Å². The number of carbonyl (C=O) groups excluding carboxylic acids is 3. The Morgan fingerprint density at radius 1 is 0.969 bits per heavy atom. The standard InChI is InChI=1S/C22H22F3N3O4/c1-26-19(30)16-9-5-6-10-17(16)32-21(20(31)22(23,24)25,28-13-11-27-12-14-28)18(29)15-7-3-2-4-8-15/h2-10,27H,11-14H2,1H3,(H,26,30). The van der Waals surface area contributed by atoms with Crippen LogP contribution in [0.5, 0.6) is 5.75 Å². The van der Waals surface area contributed by atoms with E-state index in [0.29, 0.717) is 0 Å². The van der Waals surface area contributed by atoms with Crippen molar-refractivity contribution in [2.75, 3.05) is 33.2 Å². The Morgan fingerprint density at radius 3 is 2.16 bits per heavy atom. The Labute approximate surface area is 182 Å². The Morgan fingerprint density at radius 2 is 1.56 bits per heavy atom. The third kappa shape index (κ3) is 4.51. The van der Waals surface area contributed by atoms with Crippen LogP contribution in [0.2, 0.25) is 0 Å². The number of para-hydroxylation sites is 1. The summed E-state index contributed by atoms with van der Waals surface area (Å²) in [6.07, 6.45) is -5.38. The van der Waals surface area contributed by atoms with Crippen molar-refractivity contribution in [3.8, 4) is 5.75 Å². The molecule has 1 fully saturated rings. The van der Waals surface area contributed by atoms with Gasteiger partial charge in [0, 0.05) is 38.8 Å². The molecule has 10 heteroatoms. The highest BCUT2D eigenvalue weighted by molar-refractivity contribution is 6.19. The molecule has 1 unspecified atom stereocenters. The second-order valence-electron chi connectivity index (χ2n) is 7.08. The number of hydrogen-bond donors (Lipinski definition) is 2. The molecule has 0 aliphatic carbocycles. The van der Waals surface area contributed by atoms with Crippen LogP contribution in [0.3, 0.4) is 0 Å². The van der Waals surface area contributed by atoms with Gasteiger partial charge in [0.15, 0.2) is 0 Å². The van der Waals surface area contributed by atoms with Gasteiger partial charge in [0.05, 0.1) is 5.56 Å². The molecule has 2 aromatic carbocycles. The maximum atomic E-state index is 13.9. The molecule has 170 valence electrons. The molecule has 7 nitrogen and oxygen atoms in total. The number of rotatable bonds is 7. The molecule has 0 radical (unpaired) electrons. The van der Waals surface area contributed by atoms with Crippen molar-refractivity contribution in [1.82, 2.24) is 15.5 Å². The lowest BCUT2D eigenvalue weighted by Crippen LogP contribution is -2.70. The molecule has 1 atom stereocenters.